The van der Waals surface area contributed by atoms with E-state index in [1.54, 1.807) is 17.5 Å². The van der Waals surface area contributed by atoms with E-state index in [0.29, 0.717) is 32.1 Å². The topological polar surface area (TPSA) is 99.3 Å². The SMILES string of the molecule is O=c1[nH]c2ccc(O)c(-c3ccc(S(=O)(=O)NCCC(F)(F)F)cc3)c2c2ccsc12. The number of phenolic OH excluding ortho intramolecular Hbond substituents is 1. The van der Waals surface area contributed by atoms with E-state index in [4.69, 9.17) is 0 Å². The summed E-state index contributed by atoms with van der Waals surface area (Å²) < 4.78 is 63.7. The fourth-order valence-corrected chi connectivity index (χ4v) is 5.17. The number of alkyl halides is 3. The first-order valence-corrected chi connectivity index (χ1v) is 11.4. The number of hydrogen-bond donors (Lipinski definition) is 3. The quantitative estimate of drug-likeness (QED) is 0.406. The number of thiophene rings is 1. The molecule has 0 unspecified atom stereocenters. The van der Waals surface area contributed by atoms with Crippen LogP contribution in [-0.2, 0) is 10.0 Å². The van der Waals surface area contributed by atoms with Gasteiger partial charge in [0.25, 0.3) is 5.56 Å². The summed E-state index contributed by atoms with van der Waals surface area (Å²) in [5.74, 6) is -0.0639. The van der Waals surface area contributed by atoms with Gasteiger partial charge in [0.05, 0.1) is 11.3 Å². The molecule has 0 saturated carbocycles. The highest BCUT2D eigenvalue weighted by Gasteiger charge is 2.27. The molecule has 0 amide bonds. The Hall–Kier alpha value is -2.89. The minimum atomic E-state index is -4.47. The monoisotopic (exact) mass is 468 g/mol. The standard InChI is InChI=1S/C20H15F3N2O4S2/c21-20(22,23)8-9-24-31(28,29)12-3-1-11(2-4-12)16-15(26)6-5-14-17(16)13-7-10-30-18(13)19(27)25-14/h1-7,10,24,26H,8-9H2,(H,25,27). The smallest absolute Gasteiger partial charge is 0.390 e. The Morgan fingerprint density at radius 1 is 1.06 bits per heavy atom. The van der Waals surface area contributed by atoms with Crippen LogP contribution in [0.2, 0.25) is 0 Å². The van der Waals surface area contributed by atoms with Crippen molar-refractivity contribution in [1.82, 2.24) is 9.71 Å². The van der Waals surface area contributed by atoms with Crippen LogP contribution >= 0.6 is 11.3 Å². The second kappa shape index (κ2) is 7.66. The van der Waals surface area contributed by atoms with E-state index >= 15 is 0 Å². The van der Waals surface area contributed by atoms with Crippen molar-refractivity contribution in [2.24, 2.45) is 0 Å². The molecule has 2 aromatic heterocycles. The summed E-state index contributed by atoms with van der Waals surface area (Å²) in [5.41, 5.74) is 1.15. The first-order chi connectivity index (χ1) is 14.6. The number of nitrogens with one attached hydrogen (secondary N) is 2. The summed E-state index contributed by atoms with van der Waals surface area (Å²) >= 11 is 1.26. The van der Waals surface area contributed by atoms with Crippen LogP contribution in [0, 0.1) is 0 Å². The molecule has 0 fully saturated rings. The molecular formula is C20H15F3N2O4S2. The van der Waals surface area contributed by atoms with Crippen molar-refractivity contribution in [2.45, 2.75) is 17.5 Å². The zero-order valence-electron chi connectivity index (χ0n) is 15.7. The maximum absolute atomic E-state index is 12.3. The van der Waals surface area contributed by atoms with E-state index in [-0.39, 0.29) is 16.2 Å². The van der Waals surface area contributed by atoms with Gasteiger partial charge in [-0.3, -0.25) is 4.79 Å². The van der Waals surface area contributed by atoms with Gasteiger partial charge in [0.2, 0.25) is 10.0 Å². The predicted octanol–water partition coefficient (Wildman–Crippen LogP) is 4.35. The van der Waals surface area contributed by atoms with Crippen molar-refractivity contribution in [1.29, 1.82) is 0 Å². The molecule has 31 heavy (non-hydrogen) atoms. The number of benzene rings is 2. The lowest BCUT2D eigenvalue weighted by molar-refractivity contribution is -0.132. The fourth-order valence-electron chi connectivity index (χ4n) is 3.34. The highest BCUT2D eigenvalue weighted by atomic mass is 32.2. The third kappa shape index (κ3) is 4.16. The molecule has 0 radical (unpaired) electrons. The van der Waals surface area contributed by atoms with Crippen molar-refractivity contribution in [2.75, 3.05) is 6.54 Å². The second-order valence-electron chi connectivity index (χ2n) is 6.79. The molecule has 0 aliphatic carbocycles. The summed E-state index contributed by atoms with van der Waals surface area (Å²) in [4.78, 5) is 14.8. The van der Waals surface area contributed by atoms with Gasteiger partial charge in [-0.2, -0.15) is 13.2 Å². The Labute approximate surface area is 178 Å². The maximum atomic E-state index is 12.3. The Balaban J connectivity index is 1.76. The number of aromatic nitrogens is 1. The van der Waals surface area contributed by atoms with Crippen LogP contribution in [0.4, 0.5) is 13.2 Å². The maximum Gasteiger partial charge on any atom is 0.390 e. The van der Waals surface area contributed by atoms with Crippen LogP contribution in [-0.4, -0.2) is 31.2 Å². The fraction of sp³-hybridized carbons (Fsp3) is 0.150. The lowest BCUT2D eigenvalue weighted by atomic mass is 9.97. The molecule has 2 heterocycles. The molecule has 4 aromatic rings. The van der Waals surface area contributed by atoms with Crippen molar-refractivity contribution in [3.8, 4) is 16.9 Å². The van der Waals surface area contributed by atoms with E-state index < -0.39 is 29.2 Å². The van der Waals surface area contributed by atoms with Gasteiger partial charge in [-0.15, -0.1) is 11.3 Å². The third-order valence-electron chi connectivity index (χ3n) is 4.73. The lowest BCUT2D eigenvalue weighted by Crippen LogP contribution is -2.28. The molecule has 0 spiro atoms. The predicted molar refractivity (Wildman–Crippen MR) is 113 cm³/mol. The van der Waals surface area contributed by atoms with Crippen LogP contribution in [0.5, 0.6) is 5.75 Å². The Morgan fingerprint density at radius 3 is 2.45 bits per heavy atom. The van der Waals surface area contributed by atoms with Crippen molar-refractivity contribution < 1.29 is 26.7 Å². The van der Waals surface area contributed by atoms with Gasteiger partial charge in [0.1, 0.15) is 10.4 Å². The average Bonchev–Trinajstić information content (AvgIpc) is 3.18. The van der Waals surface area contributed by atoms with Crippen molar-refractivity contribution in [3.05, 3.63) is 58.2 Å². The summed E-state index contributed by atoms with van der Waals surface area (Å²) in [6.07, 6.45) is -5.74. The van der Waals surface area contributed by atoms with E-state index in [9.17, 15) is 31.5 Å². The molecule has 162 valence electrons. The summed E-state index contributed by atoms with van der Waals surface area (Å²) in [5, 5.41) is 13.5. The number of aromatic amines is 1. The number of halogens is 3. The summed E-state index contributed by atoms with van der Waals surface area (Å²) in [6.45, 7) is -0.763. The first-order valence-electron chi connectivity index (χ1n) is 8.99. The van der Waals surface area contributed by atoms with Crippen LogP contribution in [0.15, 0.2) is 57.5 Å². The molecule has 0 atom stereocenters. The number of phenols is 1. The zero-order chi connectivity index (χ0) is 22.4. The Kier molecular flexibility index (Phi) is 5.28. The zero-order valence-corrected chi connectivity index (χ0v) is 17.3. The van der Waals surface area contributed by atoms with Crippen LogP contribution < -0.4 is 10.3 Å². The van der Waals surface area contributed by atoms with E-state index in [1.807, 2.05) is 4.72 Å². The van der Waals surface area contributed by atoms with Crippen LogP contribution in [0.3, 0.4) is 0 Å². The van der Waals surface area contributed by atoms with Gasteiger partial charge in [0.15, 0.2) is 0 Å². The van der Waals surface area contributed by atoms with Gasteiger partial charge in [-0.05, 0) is 41.3 Å². The van der Waals surface area contributed by atoms with E-state index in [1.165, 1.54) is 41.7 Å². The lowest BCUT2D eigenvalue weighted by Gasteiger charge is -2.12. The average molecular weight is 468 g/mol. The molecule has 11 heteroatoms. The van der Waals surface area contributed by atoms with Crippen molar-refractivity contribution in [3.63, 3.8) is 0 Å². The van der Waals surface area contributed by atoms with Gasteiger partial charge in [-0.25, -0.2) is 13.1 Å². The molecule has 4 rings (SSSR count). The minimum absolute atomic E-state index is 0.0639. The number of aromatic hydroxyl groups is 1. The van der Waals surface area contributed by atoms with E-state index in [2.05, 4.69) is 4.98 Å². The normalized spacial score (nSPS) is 12.6. The molecule has 3 N–H and O–H groups in total. The van der Waals surface area contributed by atoms with Crippen LogP contribution in [0.25, 0.3) is 32.1 Å². The third-order valence-corrected chi connectivity index (χ3v) is 7.12. The Bertz CT molecular complexity index is 1440. The number of H-pyrrole nitrogens is 1. The molecule has 2 aromatic carbocycles. The molecule has 0 saturated heterocycles. The van der Waals surface area contributed by atoms with Gasteiger partial charge >= 0.3 is 6.18 Å². The number of sulfonamides is 1. The largest absolute Gasteiger partial charge is 0.507 e. The Morgan fingerprint density at radius 2 is 1.77 bits per heavy atom. The van der Waals surface area contributed by atoms with Gasteiger partial charge in [0, 0.05) is 28.4 Å². The molecule has 0 aliphatic heterocycles. The summed E-state index contributed by atoms with van der Waals surface area (Å²) in [6, 6.07) is 10.2. The molecular weight excluding hydrogens is 453 g/mol. The second-order valence-corrected chi connectivity index (χ2v) is 9.47. The van der Waals surface area contributed by atoms with E-state index in [0.717, 1.165) is 0 Å². The minimum Gasteiger partial charge on any atom is -0.507 e. The highest BCUT2D eigenvalue weighted by Crippen LogP contribution is 2.39. The van der Waals surface area contributed by atoms with Gasteiger partial charge < -0.3 is 10.1 Å². The first kappa shape index (κ1) is 21.3. The summed E-state index contributed by atoms with van der Waals surface area (Å²) in [7, 11) is -4.12. The van der Waals surface area contributed by atoms with Crippen molar-refractivity contribution >= 4 is 42.3 Å². The number of fused-ring (bicyclic) bond motifs is 3. The number of hydrogen-bond acceptors (Lipinski definition) is 5. The highest BCUT2D eigenvalue weighted by molar-refractivity contribution is 7.89. The number of pyridine rings is 1. The molecule has 0 aliphatic rings. The molecule has 6 nitrogen and oxygen atoms in total. The molecule has 0 bridgehead atoms. The van der Waals surface area contributed by atoms with Crippen LogP contribution in [0.1, 0.15) is 6.42 Å². The number of rotatable bonds is 5. The van der Waals surface area contributed by atoms with Gasteiger partial charge in [-0.1, -0.05) is 12.1 Å².